The Morgan fingerprint density at radius 3 is 2.90 bits per heavy atom. The number of carbonyl (C=O) groups excluding carboxylic acids is 1. The molecule has 5 rings (SSSR count). The second-order valence-corrected chi connectivity index (χ2v) is 8.47. The molecule has 1 amide bonds. The zero-order chi connectivity index (χ0) is 20.7. The minimum atomic E-state index is -0.600. The highest BCUT2D eigenvalue weighted by atomic mass is 16.6. The van der Waals surface area contributed by atoms with Gasteiger partial charge in [-0.15, -0.1) is 0 Å². The number of carbonyl (C=O) groups is 1. The molecule has 2 aliphatic heterocycles. The topological polar surface area (TPSA) is 69.5 Å². The van der Waals surface area contributed by atoms with E-state index in [4.69, 9.17) is 14.5 Å². The van der Waals surface area contributed by atoms with Gasteiger partial charge < -0.3 is 18.9 Å². The van der Waals surface area contributed by atoms with Crippen molar-refractivity contribution in [2.24, 2.45) is 5.92 Å². The van der Waals surface area contributed by atoms with Gasteiger partial charge in [0.05, 0.1) is 17.2 Å². The molecule has 3 aromatic rings. The van der Waals surface area contributed by atoms with Crippen LogP contribution in [0.4, 0.5) is 0 Å². The van der Waals surface area contributed by atoms with Gasteiger partial charge in [-0.2, -0.15) is 0 Å². The van der Waals surface area contributed by atoms with Crippen LogP contribution in [-0.4, -0.2) is 51.1 Å². The highest BCUT2D eigenvalue weighted by molar-refractivity contribution is 5.82. The summed E-state index contributed by atoms with van der Waals surface area (Å²) in [6.07, 6.45) is 3.96. The Morgan fingerprint density at radius 2 is 2.07 bits per heavy atom. The first-order chi connectivity index (χ1) is 14.6. The molecule has 0 radical (unpaired) electrons. The van der Waals surface area contributed by atoms with Gasteiger partial charge in [-0.05, 0) is 30.5 Å². The fraction of sp³-hybridized carbons (Fsp3) is 0.435. The molecule has 156 valence electrons. The van der Waals surface area contributed by atoms with Crippen molar-refractivity contribution in [2.75, 3.05) is 19.7 Å². The number of ether oxygens (including phenoxy) is 2. The van der Waals surface area contributed by atoms with Crippen LogP contribution < -0.4 is 9.47 Å². The van der Waals surface area contributed by atoms with E-state index in [0.717, 1.165) is 29.8 Å². The first kappa shape index (κ1) is 18.9. The molecular formula is C23H26N4O3. The molecular weight excluding hydrogens is 380 g/mol. The Morgan fingerprint density at radius 1 is 1.23 bits per heavy atom. The van der Waals surface area contributed by atoms with Crippen LogP contribution in [0.25, 0.3) is 11.0 Å². The number of likely N-dealkylation sites (tertiary alicyclic amines) is 1. The molecule has 2 aromatic heterocycles. The molecule has 0 saturated carbocycles. The lowest BCUT2D eigenvalue weighted by molar-refractivity contribution is -0.140. The lowest BCUT2D eigenvalue weighted by Gasteiger charge is -2.28. The van der Waals surface area contributed by atoms with Gasteiger partial charge in [0.25, 0.3) is 5.91 Å². The molecule has 0 aliphatic carbocycles. The van der Waals surface area contributed by atoms with Crippen molar-refractivity contribution in [1.82, 2.24) is 19.4 Å². The Kier molecular flexibility index (Phi) is 4.81. The summed E-state index contributed by atoms with van der Waals surface area (Å²) in [5.74, 6) is 3.06. The van der Waals surface area contributed by atoms with Gasteiger partial charge >= 0.3 is 0 Å². The first-order valence-electron chi connectivity index (χ1n) is 10.6. The second-order valence-electron chi connectivity index (χ2n) is 8.47. The minimum absolute atomic E-state index is 0.0137. The molecule has 2 aliphatic rings. The zero-order valence-corrected chi connectivity index (χ0v) is 17.3. The van der Waals surface area contributed by atoms with Gasteiger partial charge in [-0.3, -0.25) is 9.78 Å². The predicted octanol–water partition coefficient (Wildman–Crippen LogP) is 3.24. The van der Waals surface area contributed by atoms with E-state index in [0.29, 0.717) is 30.5 Å². The molecule has 0 N–H and O–H groups in total. The normalized spacial score (nSPS) is 20.8. The summed E-state index contributed by atoms with van der Waals surface area (Å²) in [6.45, 7) is 6.89. The summed E-state index contributed by atoms with van der Waals surface area (Å²) >= 11 is 0. The molecule has 0 bridgehead atoms. The Labute approximate surface area is 175 Å². The molecule has 1 fully saturated rings. The molecule has 1 saturated heterocycles. The van der Waals surface area contributed by atoms with Crippen molar-refractivity contribution < 1.29 is 14.3 Å². The SMILES string of the molecule is CC(C)Cn1c(C2CCN(C(=O)C3COc4ccccc4O3)C2)nc2ccncc21. The molecule has 2 unspecified atom stereocenters. The largest absolute Gasteiger partial charge is 0.485 e. The number of rotatable bonds is 4. The average Bonchev–Trinajstić information content (AvgIpc) is 3.38. The van der Waals surface area contributed by atoms with Crippen molar-refractivity contribution in [1.29, 1.82) is 0 Å². The van der Waals surface area contributed by atoms with E-state index in [1.165, 1.54) is 0 Å². The van der Waals surface area contributed by atoms with Crippen LogP contribution in [0.5, 0.6) is 11.5 Å². The van der Waals surface area contributed by atoms with Crippen molar-refractivity contribution >= 4 is 16.9 Å². The smallest absolute Gasteiger partial charge is 0.267 e. The van der Waals surface area contributed by atoms with Crippen molar-refractivity contribution in [2.45, 2.75) is 38.8 Å². The molecule has 1 aromatic carbocycles. The van der Waals surface area contributed by atoms with Gasteiger partial charge in [0.2, 0.25) is 6.10 Å². The van der Waals surface area contributed by atoms with E-state index in [2.05, 4.69) is 23.4 Å². The van der Waals surface area contributed by atoms with Crippen LogP contribution in [0.3, 0.4) is 0 Å². The first-order valence-corrected chi connectivity index (χ1v) is 10.6. The van der Waals surface area contributed by atoms with Crippen molar-refractivity contribution in [3.8, 4) is 11.5 Å². The number of hydrogen-bond acceptors (Lipinski definition) is 5. The third-order valence-electron chi connectivity index (χ3n) is 5.78. The summed E-state index contributed by atoms with van der Waals surface area (Å²) in [7, 11) is 0. The van der Waals surface area contributed by atoms with E-state index in [1.807, 2.05) is 41.4 Å². The van der Waals surface area contributed by atoms with E-state index in [9.17, 15) is 4.79 Å². The summed E-state index contributed by atoms with van der Waals surface area (Å²) < 4.78 is 13.9. The van der Waals surface area contributed by atoms with Crippen LogP contribution >= 0.6 is 0 Å². The predicted molar refractivity (Wildman–Crippen MR) is 113 cm³/mol. The number of hydrogen-bond donors (Lipinski definition) is 0. The Hall–Kier alpha value is -3.09. The van der Waals surface area contributed by atoms with Crippen LogP contribution in [-0.2, 0) is 11.3 Å². The van der Waals surface area contributed by atoms with E-state index in [1.54, 1.807) is 6.20 Å². The number of para-hydroxylation sites is 2. The maximum Gasteiger partial charge on any atom is 0.267 e. The maximum absolute atomic E-state index is 13.1. The maximum atomic E-state index is 13.1. The van der Waals surface area contributed by atoms with Crippen LogP contribution in [0.15, 0.2) is 42.7 Å². The minimum Gasteiger partial charge on any atom is -0.485 e. The Balaban J connectivity index is 1.34. The van der Waals surface area contributed by atoms with Crippen molar-refractivity contribution in [3.63, 3.8) is 0 Å². The standard InChI is InChI=1S/C23H26N4O3/c1-15(2)12-27-18-11-24-9-7-17(18)25-22(27)16-8-10-26(13-16)23(28)21-14-29-19-5-3-4-6-20(19)30-21/h3-7,9,11,15-16,21H,8,10,12-14H2,1-2H3. The van der Waals surface area contributed by atoms with Gasteiger partial charge in [-0.1, -0.05) is 26.0 Å². The quantitative estimate of drug-likeness (QED) is 0.665. The van der Waals surface area contributed by atoms with Gasteiger partial charge in [0, 0.05) is 31.7 Å². The third kappa shape index (κ3) is 3.38. The van der Waals surface area contributed by atoms with Gasteiger partial charge in [0.1, 0.15) is 12.4 Å². The van der Waals surface area contributed by atoms with Gasteiger partial charge in [-0.25, -0.2) is 4.98 Å². The summed E-state index contributed by atoms with van der Waals surface area (Å²) in [5.41, 5.74) is 2.03. The number of amides is 1. The highest BCUT2D eigenvalue weighted by Crippen LogP contribution is 2.33. The molecule has 0 spiro atoms. The monoisotopic (exact) mass is 406 g/mol. The molecule has 4 heterocycles. The molecule has 30 heavy (non-hydrogen) atoms. The lowest BCUT2D eigenvalue weighted by Crippen LogP contribution is -2.45. The van der Waals surface area contributed by atoms with E-state index in [-0.39, 0.29) is 18.4 Å². The van der Waals surface area contributed by atoms with E-state index < -0.39 is 6.10 Å². The van der Waals surface area contributed by atoms with Crippen LogP contribution in [0.2, 0.25) is 0 Å². The number of benzene rings is 1. The molecule has 7 nitrogen and oxygen atoms in total. The molecule has 7 heteroatoms. The van der Waals surface area contributed by atoms with Crippen LogP contribution in [0.1, 0.15) is 32.0 Å². The van der Waals surface area contributed by atoms with Crippen LogP contribution in [0, 0.1) is 5.92 Å². The zero-order valence-electron chi connectivity index (χ0n) is 17.3. The summed E-state index contributed by atoms with van der Waals surface area (Å²) in [5, 5.41) is 0. The highest BCUT2D eigenvalue weighted by Gasteiger charge is 2.36. The number of nitrogens with zero attached hydrogens (tertiary/aromatic N) is 4. The fourth-order valence-electron chi connectivity index (χ4n) is 4.37. The third-order valence-corrected chi connectivity index (χ3v) is 5.78. The van der Waals surface area contributed by atoms with E-state index >= 15 is 0 Å². The number of fused-ring (bicyclic) bond motifs is 2. The average molecular weight is 406 g/mol. The fourth-order valence-corrected chi connectivity index (χ4v) is 4.37. The summed E-state index contributed by atoms with van der Waals surface area (Å²) in [6, 6.07) is 9.43. The van der Waals surface area contributed by atoms with Gasteiger partial charge in [0.15, 0.2) is 11.5 Å². The van der Waals surface area contributed by atoms with Crippen molar-refractivity contribution in [3.05, 3.63) is 48.5 Å². The Bertz CT molecular complexity index is 1080. The second kappa shape index (κ2) is 7.63. The lowest BCUT2D eigenvalue weighted by atomic mass is 10.1. The summed E-state index contributed by atoms with van der Waals surface area (Å²) in [4.78, 5) is 24.2. The molecule has 2 atom stereocenters. The number of pyridine rings is 1. The number of imidazole rings is 1. The number of aromatic nitrogens is 3.